The third kappa shape index (κ3) is 4.47. The minimum Gasteiger partial charge on any atom is -0.467 e. The van der Waals surface area contributed by atoms with E-state index in [0.717, 1.165) is 12.3 Å². The summed E-state index contributed by atoms with van der Waals surface area (Å²) in [6, 6.07) is 4.48. The van der Waals surface area contributed by atoms with E-state index >= 15 is 0 Å². The maximum atomic E-state index is 12.3. The van der Waals surface area contributed by atoms with Gasteiger partial charge in [-0.05, 0) is 56.1 Å². The van der Waals surface area contributed by atoms with E-state index in [9.17, 15) is 9.59 Å². The predicted octanol–water partition coefficient (Wildman–Crippen LogP) is 3.27. The molecule has 134 valence electrons. The van der Waals surface area contributed by atoms with Gasteiger partial charge in [0.1, 0.15) is 11.7 Å². The van der Waals surface area contributed by atoms with Gasteiger partial charge in [-0.25, -0.2) is 4.79 Å². The van der Waals surface area contributed by atoms with E-state index in [1.54, 1.807) is 24.4 Å². The molecule has 1 heterocycles. The average Bonchev–Trinajstić information content (AvgIpc) is 2.67. The van der Waals surface area contributed by atoms with Crippen LogP contribution in [0.3, 0.4) is 0 Å². The molecule has 2 aliphatic rings. The van der Waals surface area contributed by atoms with Crippen molar-refractivity contribution in [2.24, 2.45) is 11.8 Å². The molecule has 1 saturated carbocycles. The van der Waals surface area contributed by atoms with Crippen molar-refractivity contribution in [2.45, 2.75) is 51.0 Å². The normalized spacial score (nSPS) is 23.8. The van der Waals surface area contributed by atoms with Crippen LogP contribution in [-0.2, 0) is 9.53 Å². The Morgan fingerprint density at radius 3 is 2.88 bits per heavy atom. The number of amides is 1. The molecule has 0 spiro atoms. The Labute approximate surface area is 148 Å². The van der Waals surface area contributed by atoms with Gasteiger partial charge in [0, 0.05) is 6.20 Å². The van der Waals surface area contributed by atoms with Crippen LogP contribution in [0, 0.1) is 11.8 Å². The third-order valence-electron chi connectivity index (χ3n) is 5.41. The number of methoxy groups -OCH3 is 1. The highest BCUT2D eigenvalue weighted by atomic mass is 16.5. The van der Waals surface area contributed by atoms with Crippen molar-refractivity contribution in [3.8, 4) is 0 Å². The number of nitrogens with zero attached hydrogens (tertiary/aromatic N) is 1. The summed E-state index contributed by atoms with van der Waals surface area (Å²) in [4.78, 5) is 28.5. The van der Waals surface area contributed by atoms with Gasteiger partial charge >= 0.3 is 5.97 Å². The molecular formula is C20H26N2O3. The van der Waals surface area contributed by atoms with Crippen molar-refractivity contribution in [2.75, 3.05) is 7.11 Å². The highest BCUT2D eigenvalue weighted by molar-refractivity contribution is 5.95. The summed E-state index contributed by atoms with van der Waals surface area (Å²) in [5, 5.41) is 2.79. The Kier molecular flexibility index (Phi) is 5.84. The summed E-state index contributed by atoms with van der Waals surface area (Å²) in [6.07, 6.45) is 11.9. The lowest BCUT2D eigenvalue weighted by atomic mass is 9.71. The molecule has 3 atom stereocenters. The summed E-state index contributed by atoms with van der Waals surface area (Å²) in [6.45, 7) is 0. The van der Waals surface area contributed by atoms with Crippen LogP contribution < -0.4 is 5.32 Å². The largest absolute Gasteiger partial charge is 0.467 e. The Balaban J connectivity index is 1.68. The third-order valence-corrected chi connectivity index (χ3v) is 5.41. The molecule has 1 N–H and O–H groups in total. The molecule has 2 unspecified atom stereocenters. The highest BCUT2D eigenvalue weighted by Gasteiger charge is 2.30. The first-order chi connectivity index (χ1) is 12.2. The van der Waals surface area contributed by atoms with Crippen LogP contribution in [0.1, 0.15) is 55.4 Å². The molecular weight excluding hydrogens is 316 g/mol. The molecule has 0 radical (unpaired) electrons. The van der Waals surface area contributed by atoms with E-state index in [1.807, 2.05) is 0 Å². The summed E-state index contributed by atoms with van der Waals surface area (Å²) in [5.74, 6) is 0.693. The zero-order chi connectivity index (χ0) is 17.6. The fourth-order valence-electron chi connectivity index (χ4n) is 4.07. The number of carbonyl (C=O) groups excluding carboxylic acids is 2. The van der Waals surface area contributed by atoms with Gasteiger partial charge < -0.3 is 10.1 Å². The number of aromatic nitrogens is 1. The number of nitrogens with one attached hydrogen (secondary N) is 1. The topological polar surface area (TPSA) is 68.3 Å². The Morgan fingerprint density at radius 2 is 2.12 bits per heavy atom. The van der Waals surface area contributed by atoms with Gasteiger partial charge in [-0.3, -0.25) is 9.78 Å². The molecule has 0 bridgehead atoms. The van der Waals surface area contributed by atoms with Crippen LogP contribution in [0.15, 0.2) is 36.0 Å². The zero-order valence-electron chi connectivity index (χ0n) is 14.7. The smallest absolute Gasteiger partial charge is 0.328 e. The lowest BCUT2D eigenvalue weighted by Gasteiger charge is -2.34. The molecule has 3 rings (SSSR count). The van der Waals surface area contributed by atoms with E-state index < -0.39 is 12.0 Å². The number of allylic oxidation sites excluding steroid dienone is 1. The zero-order valence-corrected chi connectivity index (χ0v) is 14.7. The fourth-order valence-corrected chi connectivity index (χ4v) is 4.07. The van der Waals surface area contributed by atoms with Crippen LogP contribution in [0.2, 0.25) is 0 Å². The number of rotatable bonds is 5. The van der Waals surface area contributed by atoms with Gasteiger partial charge in [0.15, 0.2) is 0 Å². The van der Waals surface area contributed by atoms with Crippen LogP contribution in [-0.4, -0.2) is 30.0 Å². The van der Waals surface area contributed by atoms with Crippen molar-refractivity contribution in [3.63, 3.8) is 0 Å². The fraction of sp³-hybridized carbons (Fsp3) is 0.550. The van der Waals surface area contributed by atoms with Crippen molar-refractivity contribution in [1.82, 2.24) is 10.3 Å². The van der Waals surface area contributed by atoms with E-state index in [0.29, 0.717) is 18.0 Å². The summed E-state index contributed by atoms with van der Waals surface area (Å²) in [7, 11) is 1.36. The van der Waals surface area contributed by atoms with Crippen molar-refractivity contribution in [3.05, 3.63) is 41.7 Å². The molecule has 0 aliphatic heterocycles. The number of fused-ring (bicyclic) bond motifs is 1. The van der Waals surface area contributed by atoms with Gasteiger partial charge in [-0.15, -0.1) is 0 Å². The predicted molar refractivity (Wildman–Crippen MR) is 94.9 cm³/mol. The second-order valence-corrected chi connectivity index (χ2v) is 7.04. The van der Waals surface area contributed by atoms with Gasteiger partial charge in [0.25, 0.3) is 5.91 Å². The number of hydrogen-bond acceptors (Lipinski definition) is 4. The number of ether oxygens (including phenoxy) is 1. The minimum atomic E-state index is -0.661. The van der Waals surface area contributed by atoms with E-state index in [2.05, 4.69) is 16.4 Å². The van der Waals surface area contributed by atoms with E-state index in [-0.39, 0.29) is 5.91 Å². The first kappa shape index (κ1) is 17.6. The number of hydrogen-bond donors (Lipinski definition) is 1. The second-order valence-electron chi connectivity index (χ2n) is 7.04. The summed E-state index contributed by atoms with van der Waals surface area (Å²) < 4.78 is 4.90. The monoisotopic (exact) mass is 342 g/mol. The maximum Gasteiger partial charge on any atom is 0.328 e. The van der Waals surface area contributed by atoms with Crippen molar-refractivity contribution < 1.29 is 14.3 Å². The number of pyridine rings is 1. The van der Waals surface area contributed by atoms with Gasteiger partial charge in [-0.2, -0.15) is 0 Å². The lowest BCUT2D eigenvalue weighted by Crippen LogP contribution is -2.42. The molecule has 2 aliphatic carbocycles. The SMILES string of the molecule is COC(=O)[C@@H](CC1=CC2CCCCC2CC1)NC(=O)c1ccccn1. The van der Waals surface area contributed by atoms with Crippen LogP contribution in [0.5, 0.6) is 0 Å². The highest BCUT2D eigenvalue weighted by Crippen LogP contribution is 2.40. The molecule has 5 heteroatoms. The molecule has 1 aromatic rings. The summed E-state index contributed by atoms with van der Waals surface area (Å²) >= 11 is 0. The molecule has 0 saturated heterocycles. The minimum absolute atomic E-state index is 0.307. The quantitative estimate of drug-likeness (QED) is 0.659. The van der Waals surface area contributed by atoms with E-state index in [4.69, 9.17) is 4.74 Å². The molecule has 5 nitrogen and oxygen atoms in total. The molecule has 1 amide bonds. The first-order valence-corrected chi connectivity index (χ1v) is 9.16. The standard InChI is InChI=1S/C20H26N2O3/c1-25-20(24)18(22-19(23)17-8-4-5-11-21-17)13-14-9-10-15-6-2-3-7-16(15)12-14/h4-5,8,11-12,15-16,18H,2-3,6-7,9-10,13H2,1H3,(H,22,23)/t15?,16?,18-/m1/s1. The molecule has 0 aromatic carbocycles. The Hall–Kier alpha value is -2.17. The van der Waals surface area contributed by atoms with Gasteiger partial charge in [0.05, 0.1) is 7.11 Å². The average molecular weight is 342 g/mol. The van der Waals surface area contributed by atoms with Crippen LogP contribution in [0.4, 0.5) is 0 Å². The number of carbonyl (C=O) groups is 2. The molecule has 25 heavy (non-hydrogen) atoms. The number of esters is 1. The maximum absolute atomic E-state index is 12.3. The first-order valence-electron chi connectivity index (χ1n) is 9.16. The Bertz CT molecular complexity index is 642. The van der Waals surface area contributed by atoms with E-state index in [1.165, 1.54) is 44.8 Å². The second kappa shape index (κ2) is 8.28. The van der Waals surface area contributed by atoms with Gasteiger partial charge in [0.2, 0.25) is 0 Å². The van der Waals surface area contributed by atoms with Crippen LogP contribution in [0.25, 0.3) is 0 Å². The lowest BCUT2D eigenvalue weighted by molar-refractivity contribution is -0.142. The van der Waals surface area contributed by atoms with Crippen molar-refractivity contribution in [1.29, 1.82) is 0 Å². The Morgan fingerprint density at radius 1 is 1.28 bits per heavy atom. The van der Waals surface area contributed by atoms with Crippen LogP contribution >= 0.6 is 0 Å². The molecule has 1 fully saturated rings. The van der Waals surface area contributed by atoms with Gasteiger partial charge in [-0.1, -0.05) is 30.6 Å². The van der Waals surface area contributed by atoms with Crippen molar-refractivity contribution >= 4 is 11.9 Å². The summed E-state index contributed by atoms with van der Waals surface area (Å²) in [5.41, 5.74) is 1.57. The molecule has 1 aromatic heterocycles.